The maximum absolute atomic E-state index is 12.5. The van der Waals surface area contributed by atoms with Crippen molar-refractivity contribution < 1.29 is 23.8 Å². The molecule has 1 aromatic rings. The van der Waals surface area contributed by atoms with Gasteiger partial charge in [0.15, 0.2) is 0 Å². The van der Waals surface area contributed by atoms with Gasteiger partial charge in [-0.1, -0.05) is 30.4 Å². The smallest absolute Gasteiger partial charge is 0.337 e. The normalized spacial score (nSPS) is 24.3. The third kappa shape index (κ3) is 2.82. The number of benzene rings is 1. The fraction of sp³-hybridized carbons (Fsp3) is 0.300. The molecular formula is C20H21NO5. The minimum atomic E-state index is -1.13. The average molecular weight is 355 g/mol. The fourth-order valence-corrected chi connectivity index (χ4v) is 3.48. The predicted molar refractivity (Wildman–Crippen MR) is 96.5 cm³/mol. The van der Waals surface area contributed by atoms with E-state index in [0.29, 0.717) is 6.42 Å². The Morgan fingerprint density at radius 2 is 1.96 bits per heavy atom. The highest BCUT2D eigenvalue weighted by atomic mass is 16.6. The molecule has 3 atom stereocenters. The molecule has 2 aliphatic heterocycles. The van der Waals surface area contributed by atoms with Crippen LogP contribution in [0.3, 0.4) is 0 Å². The third-order valence-corrected chi connectivity index (χ3v) is 4.61. The van der Waals surface area contributed by atoms with Crippen LogP contribution in [0.2, 0.25) is 0 Å². The van der Waals surface area contributed by atoms with Crippen molar-refractivity contribution in [1.82, 2.24) is 0 Å². The van der Waals surface area contributed by atoms with E-state index >= 15 is 0 Å². The van der Waals surface area contributed by atoms with Crippen LogP contribution in [0, 0.1) is 0 Å². The Bertz CT molecular complexity index is 783. The molecule has 136 valence electrons. The Kier molecular flexibility index (Phi) is 4.95. The molecule has 0 spiro atoms. The van der Waals surface area contributed by atoms with Crippen LogP contribution in [0.5, 0.6) is 0 Å². The number of esters is 2. The maximum Gasteiger partial charge on any atom is 0.337 e. The van der Waals surface area contributed by atoms with Crippen LogP contribution in [0.25, 0.3) is 0 Å². The van der Waals surface area contributed by atoms with E-state index in [1.54, 1.807) is 18.2 Å². The quantitative estimate of drug-likeness (QED) is 0.598. The number of carbonyl (C=O) groups is 2. The van der Waals surface area contributed by atoms with E-state index in [2.05, 4.69) is 11.9 Å². The molecule has 0 aliphatic carbocycles. The summed E-state index contributed by atoms with van der Waals surface area (Å²) in [5, 5.41) is 3.39. The largest absolute Gasteiger partial charge is 0.466 e. The number of hydrogen-bond acceptors (Lipinski definition) is 6. The zero-order valence-electron chi connectivity index (χ0n) is 14.7. The second kappa shape index (κ2) is 7.17. The minimum Gasteiger partial charge on any atom is -0.466 e. The number of para-hydroxylation sites is 1. The van der Waals surface area contributed by atoms with E-state index in [1.165, 1.54) is 14.2 Å². The number of rotatable bonds is 7. The molecule has 1 aromatic carbocycles. The van der Waals surface area contributed by atoms with E-state index in [9.17, 15) is 9.59 Å². The van der Waals surface area contributed by atoms with Crippen LogP contribution in [0.4, 0.5) is 5.69 Å². The third-order valence-electron chi connectivity index (χ3n) is 4.61. The molecule has 26 heavy (non-hydrogen) atoms. The van der Waals surface area contributed by atoms with Gasteiger partial charge in [-0.25, -0.2) is 9.59 Å². The maximum atomic E-state index is 12.5. The molecule has 2 bridgehead atoms. The molecule has 3 rings (SSSR count). The van der Waals surface area contributed by atoms with E-state index < -0.39 is 23.6 Å². The number of hydrogen-bond donors (Lipinski definition) is 1. The summed E-state index contributed by atoms with van der Waals surface area (Å²) in [6.45, 7) is 3.81. The molecule has 1 N–H and O–H groups in total. The summed E-state index contributed by atoms with van der Waals surface area (Å²) < 4.78 is 15.9. The van der Waals surface area contributed by atoms with Crippen molar-refractivity contribution in [2.75, 3.05) is 19.5 Å². The topological polar surface area (TPSA) is 73.9 Å². The lowest BCUT2D eigenvalue weighted by Gasteiger charge is -2.35. The SMILES string of the molecule is C=CC[C@@H](Nc1ccccc1)C12C=CC(O1)C(C(=O)OC)=C2C(=O)OC. The molecule has 2 unspecified atom stereocenters. The number of carbonyl (C=O) groups excluding carboxylic acids is 2. The molecule has 0 amide bonds. The summed E-state index contributed by atoms with van der Waals surface area (Å²) >= 11 is 0. The van der Waals surface area contributed by atoms with Crippen LogP contribution in [0.1, 0.15) is 6.42 Å². The highest BCUT2D eigenvalue weighted by molar-refractivity contribution is 6.05. The van der Waals surface area contributed by atoms with Gasteiger partial charge in [0, 0.05) is 5.69 Å². The molecule has 0 saturated carbocycles. The lowest BCUT2D eigenvalue weighted by atomic mass is 9.80. The van der Waals surface area contributed by atoms with E-state index in [4.69, 9.17) is 14.2 Å². The van der Waals surface area contributed by atoms with Crippen LogP contribution >= 0.6 is 0 Å². The second-order valence-corrected chi connectivity index (χ2v) is 6.05. The van der Waals surface area contributed by atoms with E-state index in [0.717, 1.165) is 5.69 Å². The molecule has 0 fully saturated rings. The lowest BCUT2D eigenvalue weighted by molar-refractivity contribution is -0.139. The summed E-state index contributed by atoms with van der Waals surface area (Å²) in [5.41, 5.74) is 0.0935. The van der Waals surface area contributed by atoms with Crippen LogP contribution in [-0.4, -0.2) is 43.9 Å². The van der Waals surface area contributed by atoms with Crippen molar-refractivity contribution in [3.05, 3.63) is 66.3 Å². The molecule has 2 heterocycles. The van der Waals surface area contributed by atoms with Gasteiger partial charge in [-0.15, -0.1) is 6.58 Å². The first-order chi connectivity index (χ1) is 12.6. The van der Waals surface area contributed by atoms with E-state index in [-0.39, 0.29) is 17.2 Å². The van der Waals surface area contributed by atoms with Gasteiger partial charge in [-0.3, -0.25) is 0 Å². The van der Waals surface area contributed by atoms with Crippen LogP contribution < -0.4 is 5.32 Å². The number of fused-ring (bicyclic) bond motifs is 2. The predicted octanol–water partition coefficient (Wildman–Crippen LogP) is 2.39. The fourth-order valence-electron chi connectivity index (χ4n) is 3.48. The molecule has 6 heteroatoms. The Hall–Kier alpha value is -2.86. The van der Waals surface area contributed by atoms with Crippen LogP contribution in [0.15, 0.2) is 66.3 Å². The van der Waals surface area contributed by atoms with Crippen molar-refractivity contribution in [2.45, 2.75) is 24.2 Å². The number of methoxy groups -OCH3 is 2. The Morgan fingerprint density at radius 1 is 1.27 bits per heavy atom. The minimum absolute atomic E-state index is 0.176. The first-order valence-corrected chi connectivity index (χ1v) is 8.28. The zero-order chi connectivity index (χ0) is 18.7. The molecule has 2 aliphatic rings. The van der Waals surface area contributed by atoms with Gasteiger partial charge in [0.25, 0.3) is 0 Å². The van der Waals surface area contributed by atoms with E-state index in [1.807, 2.05) is 30.3 Å². The Labute approximate surface area is 152 Å². The highest BCUT2D eigenvalue weighted by Gasteiger charge is 2.58. The van der Waals surface area contributed by atoms with Gasteiger partial charge >= 0.3 is 11.9 Å². The monoisotopic (exact) mass is 355 g/mol. The summed E-state index contributed by atoms with van der Waals surface area (Å²) in [6.07, 6.45) is 5.18. The van der Waals surface area contributed by atoms with Gasteiger partial charge < -0.3 is 19.5 Å². The Morgan fingerprint density at radius 3 is 2.58 bits per heavy atom. The zero-order valence-corrected chi connectivity index (χ0v) is 14.7. The summed E-state index contributed by atoms with van der Waals surface area (Å²) in [6, 6.07) is 9.20. The lowest BCUT2D eigenvalue weighted by Crippen LogP contribution is -2.48. The van der Waals surface area contributed by atoms with Crippen LogP contribution in [-0.2, 0) is 23.8 Å². The molecule has 0 radical (unpaired) electrons. The standard InChI is InChI=1S/C20H21NO5/c1-4-8-15(21-13-9-6-5-7-10-13)20-12-11-14(26-20)16(18(22)24-2)17(20)19(23)25-3/h4-7,9-12,14-15,21H,1,8H2,2-3H3/t14?,15-,20?/m1/s1. The summed E-state index contributed by atoms with van der Waals surface area (Å²) in [4.78, 5) is 24.8. The van der Waals surface area contributed by atoms with Crippen molar-refractivity contribution in [2.24, 2.45) is 0 Å². The van der Waals surface area contributed by atoms with Gasteiger partial charge in [-0.05, 0) is 24.6 Å². The van der Waals surface area contributed by atoms with Gasteiger partial charge in [0.2, 0.25) is 0 Å². The van der Waals surface area contributed by atoms with Crippen molar-refractivity contribution >= 4 is 17.6 Å². The molecule has 0 aromatic heterocycles. The van der Waals surface area contributed by atoms with Crippen molar-refractivity contribution in [3.63, 3.8) is 0 Å². The first-order valence-electron chi connectivity index (χ1n) is 8.28. The van der Waals surface area contributed by atoms with Gasteiger partial charge in [0.05, 0.1) is 31.4 Å². The average Bonchev–Trinajstić information content (AvgIpc) is 3.25. The molecular weight excluding hydrogens is 334 g/mol. The Balaban J connectivity index is 2.07. The van der Waals surface area contributed by atoms with Crippen molar-refractivity contribution in [1.29, 1.82) is 0 Å². The summed E-state index contributed by atoms with van der Waals surface area (Å²) in [7, 11) is 2.55. The number of anilines is 1. The molecule has 0 saturated heterocycles. The summed E-state index contributed by atoms with van der Waals surface area (Å²) in [5.74, 6) is -1.21. The van der Waals surface area contributed by atoms with Crippen molar-refractivity contribution in [3.8, 4) is 0 Å². The highest BCUT2D eigenvalue weighted by Crippen LogP contribution is 2.47. The van der Waals surface area contributed by atoms with Gasteiger partial charge in [-0.2, -0.15) is 0 Å². The second-order valence-electron chi connectivity index (χ2n) is 6.05. The van der Waals surface area contributed by atoms with Gasteiger partial charge in [0.1, 0.15) is 11.7 Å². The molecule has 6 nitrogen and oxygen atoms in total. The number of ether oxygens (including phenoxy) is 3. The first kappa shape index (κ1) is 17.9. The number of nitrogens with one attached hydrogen (secondary N) is 1.